The first kappa shape index (κ1) is 19.5. The Bertz CT molecular complexity index is 952. The van der Waals surface area contributed by atoms with Gasteiger partial charge in [0.2, 0.25) is 0 Å². The highest BCUT2D eigenvalue weighted by Crippen LogP contribution is 2.35. The summed E-state index contributed by atoms with van der Waals surface area (Å²) in [5.41, 5.74) is 1.93. The van der Waals surface area contributed by atoms with E-state index in [9.17, 15) is 4.79 Å². The number of pyridine rings is 1. The van der Waals surface area contributed by atoms with Crippen LogP contribution in [0, 0.1) is 5.92 Å². The number of thiophene rings is 1. The largest absolute Gasteiger partial charge is 0.463 e. The molecule has 4 heterocycles. The van der Waals surface area contributed by atoms with Crippen molar-refractivity contribution in [2.45, 2.75) is 32.4 Å². The summed E-state index contributed by atoms with van der Waals surface area (Å²) < 4.78 is 5.51. The average Bonchev–Trinajstić information content (AvgIpc) is 3.49. The maximum Gasteiger partial charge on any atom is 0.257 e. The molecular formula is C22H24N4O2S. The SMILES string of the molecule is CC(C)[C@H](NCC(=O)N1N=C(c2ccco2)C[C@@H]1c1cccs1)c1ccncc1. The summed E-state index contributed by atoms with van der Waals surface area (Å²) >= 11 is 1.64. The molecular weight excluding hydrogens is 384 g/mol. The summed E-state index contributed by atoms with van der Waals surface area (Å²) in [6.07, 6.45) is 5.84. The molecule has 0 saturated heterocycles. The fourth-order valence-electron chi connectivity index (χ4n) is 3.62. The number of amides is 1. The molecule has 0 radical (unpaired) electrons. The molecule has 6 nitrogen and oxygen atoms in total. The minimum absolute atomic E-state index is 0.0512. The fourth-order valence-corrected chi connectivity index (χ4v) is 4.43. The minimum Gasteiger partial charge on any atom is -0.463 e. The van der Waals surface area contributed by atoms with E-state index in [0.29, 0.717) is 18.1 Å². The zero-order chi connectivity index (χ0) is 20.2. The number of nitrogens with zero attached hydrogens (tertiary/aromatic N) is 3. The molecule has 7 heteroatoms. The van der Waals surface area contributed by atoms with Gasteiger partial charge in [-0.1, -0.05) is 19.9 Å². The van der Waals surface area contributed by atoms with Gasteiger partial charge in [-0.25, -0.2) is 5.01 Å². The summed E-state index contributed by atoms with van der Waals surface area (Å²) in [6.45, 7) is 4.49. The molecule has 3 aromatic heterocycles. The molecule has 0 spiro atoms. The predicted octanol–water partition coefficient (Wildman–Crippen LogP) is 4.40. The Labute approximate surface area is 174 Å². The Balaban J connectivity index is 1.51. The lowest BCUT2D eigenvalue weighted by atomic mass is 9.97. The smallest absolute Gasteiger partial charge is 0.257 e. The second-order valence-corrected chi connectivity index (χ2v) is 8.36. The van der Waals surface area contributed by atoms with Crippen molar-refractivity contribution in [2.75, 3.05) is 6.54 Å². The quantitative estimate of drug-likeness (QED) is 0.629. The van der Waals surface area contributed by atoms with Crippen LogP contribution >= 0.6 is 11.3 Å². The summed E-state index contributed by atoms with van der Waals surface area (Å²) in [7, 11) is 0. The number of carbonyl (C=O) groups excluding carboxylic acids is 1. The van der Waals surface area contributed by atoms with Crippen molar-refractivity contribution in [3.05, 3.63) is 76.6 Å². The average molecular weight is 409 g/mol. The van der Waals surface area contributed by atoms with Crippen LogP contribution in [0.5, 0.6) is 0 Å². The lowest BCUT2D eigenvalue weighted by molar-refractivity contribution is -0.132. The third-order valence-electron chi connectivity index (χ3n) is 5.05. The normalized spacial score (nSPS) is 17.6. The standard InChI is InChI=1S/C22H24N4O2S/c1-15(2)22(16-7-9-23-10-8-16)24-14-21(27)26-18(20-6-4-12-29-20)13-17(25-26)19-5-3-11-28-19/h3-12,15,18,22,24H,13-14H2,1-2H3/t18-,22+/m1/s1. The number of aromatic nitrogens is 1. The number of hydrazone groups is 1. The molecule has 4 rings (SSSR count). The highest BCUT2D eigenvalue weighted by molar-refractivity contribution is 7.10. The topological polar surface area (TPSA) is 70.7 Å². The van der Waals surface area contributed by atoms with Crippen LogP contribution in [0.25, 0.3) is 0 Å². The number of carbonyl (C=O) groups is 1. The lowest BCUT2D eigenvalue weighted by Gasteiger charge is -2.25. The number of rotatable bonds is 7. The Morgan fingerprint density at radius 1 is 1.28 bits per heavy atom. The summed E-state index contributed by atoms with van der Waals surface area (Å²) in [6, 6.07) is 11.7. The van der Waals surface area contributed by atoms with Gasteiger partial charge in [0, 0.05) is 29.7 Å². The van der Waals surface area contributed by atoms with E-state index in [2.05, 4.69) is 35.3 Å². The molecule has 1 aliphatic heterocycles. The fraction of sp³-hybridized carbons (Fsp3) is 0.318. The van der Waals surface area contributed by atoms with Gasteiger partial charge >= 0.3 is 0 Å². The molecule has 1 aliphatic rings. The molecule has 0 bridgehead atoms. The maximum atomic E-state index is 13.1. The number of hydrogen-bond acceptors (Lipinski definition) is 6. The minimum atomic E-state index is -0.0946. The van der Waals surface area contributed by atoms with Gasteiger partial charge in [-0.05, 0) is 47.2 Å². The second kappa shape index (κ2) is 8.71. The van der Waals surface area contributed by atoms with Gasteiger partial charge in [0.15, 0.2) is 0 Å². The van der Waals surface area contributed by atoms with Gasteiger partial charge in [-0.2, -0.15) is 5.10 Å². The number of nitrogens with one attached hydrogen (secondary N) is 1. The van der Waals surface area contributed by atoms with Crippen LogP contribution in [0.1, 0.15) is 48.6 Å². The van der Waals surface area contributed by atoms with E-state index in [4.69, 9.17) is 4.42 Å². The van der Waals surface area contributed by atoms with Gasteiger partial charge in [0.05, 0.1) is 18.8 Å². The van der Waals surface area contributed by atoms with E-state index in [1.165, 1.54) is 0 Å². The van der Waals surface area contributed by atoms with Gasteiger partial charge in [0.25, 0.3) is 5.91 Å². The second-order valence-electron chi connectivity index (χ2n) is 7.38. The van der Waals surface area contributed by atoms with Crippen LogP contribution in [0.3, 0.4) is 0 Å². The zero-order valence-corrected chi connectivity index (χ0v) is 17.3. The first-order valence-corrected chi connectivity index (χ1v) is 10.6. The molecule has 0 unspecified atom stereocenters. The summed E-state index contributed by atoms with van der Waals surface area (Å²) in [5.74, 6) is 0.996. The number of hydrogen-bond donors (Lipinski definition) is 1. The lowest BCUT2D eigenvalue weighted by Crippen LogP contribution is -2.38. The molecule has 1 amide bonds. The molecule has 0 aliphatic carbocycles. The van der Waals surface area contributed by atoms with Gasteiger partial charge in [-0.15, -0.1) is 11.3 Å². The van der Waals surface area contributed by atoms with Crippen molar-refractivity contribution < 1.29 is 9.21 Å². The van der Waals surface area contributed by atoms with Gasteiger partial charge in [-0.3, -0.25) is 9.78 Å². The molecule has 0 saturated carbocycles. The number of furan rings is 1. The first-order valence-electron chi connectivity index (χ1n) is 9.73. The van der Waals surface area contributed by atoms with Crippen LogP contribution in [0.4, 0.5) is 0 Å². The molecule has 3 aromatic rings. The van der Waals surface area contributed by atoms with Crippen molar-refractivity contribution >= 4 is 23.0 Å². The van der Waals surface area contributed by atoms with E-state index in [1.54, 1.807) is 35.0 Å². The molecule has 0 fully saturated rings. The Hall–Kier alpha value is -2.77. The van der Waals surface area contributed by atoms with E-state index in [1.807, 2.05) is 35.7 Å². The van der Waals surface area contributed by atoms with Crippen molar-refractivity contribution in [3.63, 3.8) is 0 Å². The third-order valence-corrected chi connectivity index (χ3v) is 6.02. The molecule has 2 atom stereocenters. The summed E-state index contributed by atoms with van der Waals surface area (Å²) in [5, 5.41) is 11.7. The molecule has 150 valence electrons. The van der Waals surface area contributed by atoms with Crippen LogP contribution in [-0.4, -0.2) is 28.2 Å². The summed E-state index contributed by atoms with van der Waals surface area (Å²) in [4.78, 5) is 18.4. The Morgan fingerprint density at radius 3 is 2.76 bits per heavy atom. The van der Waals surface area contributed by atoms with Crippen LogP contribution in [-0.2, 0) is 4.79 Å². The van der Waals surface area contributed by atoms with E-state index in [-0.39, 0.29) is 24.5 Å². The first-order chi connectivity index (χ1) is 14.1. The molecule has 1 N–H and O–H groups in total. The van der Waals surface area contributed by atoms with Crippen molar-refractivity contribution in [1.29, 1.82) is 0 Å². The highest BCUT2D eigenvalue weighted by atomic mass is 32.1. The zero-order valence-electron chi connectivity index (χ0n) is 16.5. The monoisotopic (exact) mass is 408 g/mol. The van der Waals surface area contributed by atoms with Gasteiger partial charge < -0.3 is 9.73 Å². The van der Waals surface area contributed by atoms with Crippen LogP contribution in [0.2, 0.25) is 0 Å². The highest BCUT2D eigenvalue weighted by Gasteiger charge is 2.34. The van der Waals surface area contributed by atoms with Crippen molar-refractivity contribution in [3.8, 4) is 0 Å². The van der Waals surface area contributed by atoms with Crippen LogP contribution < -0.4 is 5.32 Å². The van der Waals surface area contributed by atoms with E-state index < -0.39 is 0 Å². The van der Waals surface area contributed by atoms with E-state index in [0.717, 1.165) is 16.2 Å². The Kier molecular flexibility index (Phi) is 5.87. The van der Waals surface area contributed by atoms with Gasteiger partial charge in [0.1, 0.15) is 11.5 Å². The maximum absolute atomic E-state index is 13.1. The van der Waals surface area contributed by atoms with Crippen LogP contribution in [0.15, 0.2) is 70.0 Å². The third kappa shape index (κ3) is 4.31. The van der Waals surface area contributed by atoms with Crippen molar-refractivity contribution in [2.24, 2.45) is 11.0 Å². The predicted molar refractivity (Wildman–Crippen MR) is 114 cm³/mol. The molecule has 29 heavy (non-hydrogen) atoms. The Morgan fingerprint density at radius 2 is 2.10 bits per heavy atom. The van der Waals surface area contributed by atoms with E-state index >= 15 is 0 Å². The molecule has 0 aromatic carbocycles. The van der Waals surface area contributed by atoms with Crippen molar-refractivity contribution in [1.82, 2.24) is 15.3 Å².